The molecular formula is C38H45N3O6S. The number of carbonyl (C=O) groups excluding carboxylic acids is 2. The van der Waals surface area contributed by atoms with E-state index in [0.29, 0.717) is 18.0 Å². The molecule has 9 nitrogen and oxygen atoms in total. The number of rotatable bonds is 16. The van der Waals surface area contributed by atoms with Crippen molar-refractivity contribution in [1.82, 2.24) is 10.2 Å². The molecule has 0 bridgehead atoms. The molecule has 0 aliphatic heterocycles. The van der Waals surface area contributed by atoms with Gasteiger partial charge in [-0.15, -0.1) is 0 Å². The van der Waals surface area contributed by atoms with Crippen LogP contribution in [0.1, 0.15) is 42.0 Å². The first-order valence-corrected chi connectivity index (χ1v) is 17.5. The topological polar surface area (TPSA) is 105 Å². The van der Waals surface area contributed by atoms with Crippen LogP contribution < -0.4 is 19.1 Å². The average Bonchev–Trinajstić information content (AvgIpc) is 3.08. The highest BCUT2D eigenvalue weighted by Gasteiger charge is 2.35. The molecule has 1 N–H and O–H groups in total. The van der Waals surface area contributed by atoms with Crippen molar-refractivity contribution in [1.29, 1.82) is 0 Å². The third-order valence-electron chi connectivity index (χ3n) is 8.01. The van der Waals surface area contributed by atoms with E-state index in [9.17, 15) is 18.0 Å². The lowest BCUT2D eigenvalue weighted by molar-refractivity contribution is -0.140. The number of sulfonamides is 1. The molecule has 48 heavy (non-hydrogen) atoms. The zero-order chi connectivity index (χ0) is 34.7. The second kappa shape index (κ2) is 16.8. The third kappa shape index (κ3) is 9.16. The second-order valence-corrected chi connectivity index (χ2v) is 13.6. The van der Waals surface area contributed by atoms with Crippen LogP contribution in [0.2, 0.25) is 0 Å². The summed E-state index contributed by atoms with van der Waals surface area (Å²) in [4.78, 5) is 30.0. The zero-order valence-electron chi connectivity index (χ0n) is 28.3. The summed E-state index contributed by atoms with van der Waals surface area (Å²) in [6.45, 7) is 5.82. The molecular weight excluding hydrogens is 627 g/mol. The number of amides is 2. The van der Waals surface area contributed by atoms with Gasteiger partial charge in [0.15, 0.2) is 11.5 Å². The molecule has 0 aliphatic carbocycles. The molecule has 10 heteroatoms. The number of nitrogens with one attached hydrogen (secondary N) is 1. The van der Waals surface area contributed by atoms with Gasteiger partial charge in [-0.05, 0) is 66.8 Å². The van der Waals surface area contributed by atoms with E-state index in [-0.39, 0.29) is 29.5 Å². The normalized spacial score (nSPS) is 11.8. The van der Waals surface area contributed by atoms with Crippen LogP contribution in [0.15, 0.2) is 102 Å². The molecule has 0 aliphatic rings. The molecule has 1 atom stereocenters. The lowest BCUT2D eigenvalue weighted by Gasteiger charge is -2.34. The quantitative estimate of drug-likeness (QED) is 0.145. The van der Waals surface area contributed by atoms with Crippen molar-refractivity contribution in [3.8, 4) is 11.5 Å². The summed E-state index contributed by atoms with van der Waals surface area (Å²) in [6.07, 6.45) is 1.94. The van der Waals surface area contributed by atoms with Crippen LogP contribution in [0.25, 0.3) is 0 Å². The van der Waals surface area contributed by atoms with E-state index in [0.717, 1.165) is 39.4 Å². The predicted octanol–water partition coefficient (Wildman–Crippen LogP) is 6.07. The van der Waals surface area contributed by atoms with Gasteiger partial charge in [-0.1, -0.05) is 80.1 Å². The fourth-order valence-electron chi connectivity index (χ4n) is 5.57. The molecule has 0 radical (unpaired) electrons. The van der Waals surface area contributed by atoms with Gasteiger partial charge in [0.1, 0.15) is 12.6 Å². The summed E-state index contributed by atoms with van der Waals surface area (Å²) in [7, 11) is -1.42. The molecule has 0 aromatic heterocycles. The van der Waals surface area contributed by atoms with Crippen molar-refractivity contribution in [2.24, 2.45) is 0 Å². The number of anilines is 1. The minimum absolute atomic E-state index is 0.0696. The fraction of sp³-hybridized carbons (Fsp3) is 0.316. The van der Waals surface area contributed by atoms with E-state index in [2.05, 4.69) is 5.32 Å². The maximum atomic E-state index is 14.7. The minimum Gasteiger partial charge on any atom is -0.493 e. The lowest BCUT2D eigenvalue weighted by atomic mass is 10.0. The summed E-state index contributed by atoms with van der Waals surface area (Å²) >= 11 is 0. The number of carbonyl (C=O) groups is 2. The van der Waals surface area contributed by atoms with Gasteiger partial charge in [-0.25, -0.2) is 8.42 Å². The smallest absolute Gasteiger partial charge is 0.264 e. The Balaban J connectivity index is 1.83. The number of nitrogens with zero attached hydrogens (tertiary/aromatic N) is 2. The Morgan fingerprint density at radius 3 is 1.98 bits per heavy atom. The molecule has 0 saturated carbocycles. The molecule has 4 rings (SSSR count). The van der Waals surface area contributed by atoms with E-state index < -0.39 is 28.5 Å². The molecule has 0 unspecified atom stereocenters. The zero-order valence-corrected chi connectivity index (χ0v) is 29.1. The molecule has 0 heterocycles. The third-order valence-corrected chi connectivity index (χ3v) is 9.78. The Kier molecular flexibility index (Phi) is 12.6. The number of unbranched alkanes of at least 4 members (excludes halogenated alkanes) is 1. The van der Waals surface area contributed by atoms with Crippen molar-refractivity contribution >= 4 is 27.5 Å². The molecule has 0 fully saturated rings. The first-order valence-electron chi connectivity index (χ1n) is 16.1. The highest BCUT2D eigenvalue weighted by molar-refractivity contribution is 7.92. The number of hydrogen-bond donors (Lipinski definition) is 1. The van der Waals surface area contributed by atoms with Gasteiger partial charge in [-0.3, -0.25) is 13.9 Å². The number of hydrogen-bond acceptors (Lipinski definition) is 6. The standard InChI is InChI=1S/C38H45N3O6S/c1-6-7-20-39-38(43)34(24-30-14-10-8-11-15-30)40(26-31-16-12-9-13-17-31)37(42)27-41(32-22-28(2)21-29(3)23-32)48(44,45)33-18-19-35(46-4)36(25-33)47-5/h8-19,21-23,25,34H,6-7,20,24,26-27H2,1-5H3,(H,39,43)/t34-/m1/s1. The molecule has 0 spiro atoms. The highest BCUT2D eigenvalue weighted by atomic mass is 32.2. The Hall–Kier alpha value is -4.83. The van der Waals surface area contributed by atoms with Crippen molar-refractivity contribution in [2.75, 3.05) is 31.6 Å². The van der Waals surface area contributed by atoms with Crippen LogP contribution in [0.3, 0.4) is 0 Å². The maximum absolute atomic E-state index is 14.7. The molecule has 4 aromatic carbocycles. The van der Waals surface area contributed by atoms with Crippen LogP contribution >= 0.6 is 0 Å². The van der Waals surface area contributed by atoms with Crippen LogP contribution in [-0.2, 0) is 32.6 Å². The van der Waals surface area contributed by atoms with Crippen LogP contribution in [0.4, 0.5) is 5.69 Å². The summed E-state index contributed by atoms with van der Waals surface area (Å²) < 4.78 is 40.8. The Bertz CT molecular complexity index is 1760. The van der Waals surface area contributed by atoms with Crippen molar-refractivity contribution in [2.45, 2.75) is 57.5 Å². The molecule has 254 valence electrons. The first-order chi connectivity index (χ1) is 23.1. The Labute approximate surface area is 284 Å². The van der Waals surface area contributed by atoms with Crippen LogP contribution in [0.5, 0.6) is 11.5 Å². The second-order valence-electron chi connectivity index (χ2n) is 11.7. The highest BCUT2D eigenvalue weighted by Crippen LogP contribution is 2.33. The average molecular weight is 672 g/mol. The SMILES string of the molecule is CCCCNC(=O)[C@@H](Cc1ccccc1)N(Cc1ccccc1)C(=O)CN(c1cc(C)cc(C)c1)S(=O)(=O)c1ccc(OC)c(OC)c1. The van der Waals surface area contributed by atoms with Crippen molar-refractivity contribution < 1.29 is 27.5 Å². The van der Waals surface area contributed by atoms with Crippen molar-refractivity contribution in [3.63, 3.8) is 0 Å². The lowest BCUT2D eigenvalue weighted by Crippen LogP contribution is -2.53. The number of methoxy groups -OCH3 is 2. The molecule has 2 amide bonds. The van der Waals surface area contributed by atoms with Gasteiger partial charge < -0.3 is 19.7 Å². The van der Waals surface area contributed by atoms with Gasteiger partial charge in [0.2, 0.25) is 11.8 Å². The Morgan fingerprint density at radius 1 is 0.792 bits per heavy atom. The first kappa shape index (κ1) is 36.0. The van der Waals surface area contributed by atoms with Gasteiger partial charge in [0.25, 0.3) is 10.0 Å². The minimum atomic E-state index is -4.32. The summed E-state index contributed by atoms with van der Waals surface area (Å²) in [5.74, 6) is -0.203. The van der Waals surface area contributed by atoms with Crippen LogP contribution in [-0.4, -0.2) is 58.5 Å². The monoisotopic (exact) mass is 671 g/mol. The number of aryl methyl sites for hydroxylation is 2. The predicted molar refractivity (Wildman–Crippen MR) is 189 cm³/mol. The maximum Gasteiger partial charge on any atom is 0.264 e. The fourth-order valence-corrected chi connectivity index (χ4v) is 6.98. The molecule has 0 saturated heterocycles. The summed E-state index contributed by atoms with van der Waals surface area (Å²) in [6, 6.07) is 27.7. The van der Waals surface area contributed by atoms with E-state index in [1.165, 1.54) is 37.3 Å². The van der Waals surface area contributed by atoms with Crippen LogP contribution in [0, 0.1) is 13.8 Å². The van der Waals surface area contributed by atoms with Crippen molar-refractivity contribution in [3.05, 3.63) is 119 Å². The number of benzene rings is 4. The molecule has 4 aromatic rings. The summed E-state index contributed by atoms with van der Waals surface area (Å²) in [5.41, 5.74) is 3.70. The Morgan fingerprint density at radius 2 is 1.40 bits per heavy atom. The van der Waals surface area contributed by atoms with Gasteiger partial charge in [0.05, 0.1) is 24.8 Å². The van der Waals surface area contributed by atoms with E-state index >= 15 is 0 Å². The summed E-state index contributed by atoms with van der Waals surface area (Å²) in [5, 5.41) is 3.01. The van der Waals surface area contributed by atoms with E-state index in [1.807, 2.05) is 87.5 Å². The van der Waals surface area contributed by atoms with Gasteiger partial charge >= 0.3 is 0 Å². The van der Waals surface area contributed by atoms with E-state index in [1.54, 1.807) is 12.1 Å². The number of ether oxygens (including phenoxy) is 2. The largest absolute Gasteiger partial charge is 0.493 e. The van der Waals surface area contributed by atoms with Gasteiger partial charge in [0, 0.05) is 25.6 Å². The van der Waals surface area contributed by atoms with E-state index in [4.69, 9.17) is 9.47 Å². The van der Waals surface area contributed by atoms with Gasteiger partial charge in [-0.2, -0.15) is 0 Å².